The molecule has 0 atom stereocenters. The second-order valence-corrected chi connectivity index (χ2v) is 5.55. The Bertz CT molecular complexity index is 581. The van der Waals surface area contributed by atoms with Crippen LogP contribution in [0.25, 0.3) is 0 Å². The fourth-order valence-corrected chi connectivity index (χ4v) is 2.81. The molecule has 1 aliphatic heterocycles. The van der Waals surface area contributed by atoms with Crippen LogP contribution < -0.4 is 20.1 Å². The summed E-state index contributed by atoms with van der Waals surface area (Å²) in [5.41, 5.74) is 0.626. The molecule has 0 bridgehead atoms. The number of amides is 2. The smallest absolute Gasteiger partial charge is 0.319 e. The van der Waals surface area contributed by atoms with E-state index in [-0.39, 0.29) is 24.8 Å². The van der Waals surface area contributed by atoms with Gasteiger partial charge in [0.2, 0.25) is 6.79 Å². The maximum atomic E-state index is 12.0. The molecular formula is C15H18N2O5. The zero-order valence-electron chi connectivity index (χ0n) is 12.0. The molecule has 2 aliphatic rings. The van der Waals surface area contributed by atoms with E-state index in [0.29, 0.717) is 42.9 Å². The summed E-state index contributed by atoms with van der Waals surface area (Å²) in [6, 6.07) is 4.93. The molecule has 0 spiro atoms. The maximum absolute atomic E-state index is 12.0. The van der Waals surface area contributed by atoms with Crippen molar-refractivity contribution in [2.45, 2.75) is 31.7 Å². The molecule has 1 aromatic carbocycles. The standard InChI is InChI=1S/C15H18N2O5/c18-14(19)9-1-3-10(4-2-9)16-15(20)17-11-5-6-12-13(7-11)22-8-21-12/h5-7,9-10H,1-4,8H2,(H,18,19)(H2,16,17,20). The number of benzene rings is 1. The summed E-state index contributed by atoms with van der Waals surface area (Å²) in [5.74, 6) is 0.246. The highest BCUT2D eigenvalue weighted by Gasteiger charge is 2.26. The lowest BCUT2D eigenvalue weighted by Crippen LogP contribution is -2.40. The lowest BCUT2D eigenvalue weighted by atomic mass is 9.86. The van der Waals surface area contributed by atoms with Gasteiger partial charge in [-0.3, -0.25) is 4.79 Å². The first-order chi connectivity index (χ1) is 10.6. The molecule has 3 N–H and O–H groups in total. The minimum absolute atomic E-state index is 0.0182. The Hall–Kier alpha value is -2.44. The minimum atomic E-state index is -0.747. The first kappa shape index (κ1) is 14.5. The molecule has 1 aliphatic carbocycles. The van der Waals surface area contributed by atoms with E-state index in [4.69, 9.17) is 14.6 Å². The van der Waals surface area contributed by atoms with Gasteiger partial charge in [0.1, 0.15) is 0 Å². The Labute approximate surface area is 127 Å². The molecule has 1 saturated carbocycles. The van der Waals surface area contributed by atoms with Crippen molar-refractivity contribution in [3.8, 4) is 11.5 Å². The number of rotatable bonds is 3. The van der Waals surface area contributed by atoms with E-state index >= 15 is 0 Å². The van der Waals surface area contributed by atoms with Crippen LogP contribution in [0, 0.1) is 5.92 Å². The van der Waals surface area contributed by atoms with Crippen LogP contribution in [-0.4, -0.2) is 29.9 Å². The molecule has 22 heavy (non-hydrogen) atoms. The van der Waals surface area contributed by atoms with Gasteiger partial charge >= 0.3 is 12.0 Å². The fourth-order valence-electron chi connectivity index (χ4n) is 2.81. The topological polar surface area (TPSA) is 96.9 Å². The third-order valence-corrected chi connectivity index (χ3v) is 4.04. The second kappa shape index (κ2) is 6.13. The van der Waals surface area contributed by atoms with Crippen LogP contribution in [0.2, 0.25) is 0 Å². The molecule has 0 saturated heterocycles. The molecular weight excluding hydrogens is 288 g/mol. The van der Waals surface area contributed by atoms with Gasteiger partial charge in [0.15, 0.2) is 11.5 Å². The molecule has 7 nitrogen and oxygen atoms in total. The average Bonchev–Trinajstić information content (AvgIpc) is 2.95. The van der Waals surface area contributed by atoms with Gasteiger partial charge in [0.05, 0.1) is 5.92 Å². The van der Waals surface area contributed by atoms with E-state index in [1.165, 1.54) is 0 Å². The molecule has 118 valence electrons. The number of ether oxygens (including phenoxy) is 2. The average molecular weight is 306 g/mol. The molecule has 0 unspecified atom stereocenters. The van der Waals surface area contributed by atoms with Crippen molar-refractivity contribution in [3.63, 3.8) is 0 Å². The summed E-state index contributed by atoms with van der Waals surface area (Å²) in [4.78, 5) is 22.9. The zero-order valence-corrected chi connectivity index (χ0v) is 12.0. The van der Waals surface area contributed by atoms with Crippen LogP contribution in [0.5, 0.6) is 11.5 Å². The summed E-state index contributed by atoms with van der Waals surface area (Å²) in [6.07, 6.45) is 2.58. The summed E-state index contributed by atoms with van der Waals surface area (Å²) in [6.45, 7) is 0.192. The van der Waals surface area contributed by atoms with Crippen LogP contribution in [0.1, 0.15) is 25.7 Å². The monoisotopic (exact) mass is 306 g/mol. The van der Waals surface area contributed by atoms with Gasteiger partial charge in [0, 0.05) is 17.8 Å². The maximum Gasteiger partial charge on any atom is 0.319 e. The number of fused-ring (bicyclic) bond motifs is 1. The zero-order chi connectivity index (χ0) is 15.5. The molecule has 0 aromatic heterocycles. The first-order valence-corrected chi connectivity index (χ1v) is 7.32. The number of hydrogen-bond acceptors (Lipinski definition) is 4. The van der Waals surface area contributed by atoms with Crippen molar-refractivity contribution in [1.29, 1.82) is 0 Å². The lowest BCUT2D eigenvalue weighted by Gasteiger charge is -2.26. The van der Waals surface area contributed by atoms with E-state index in [0.717, 1.165) is 0 Å². The van der Waals surface area contributed by atoms with E-state index in [2.05, 4.69) is 10.6 Å². The third-order valence-electron chi connectivity index (χ3n) is 4.04. The third kappa shape index (κ3) is 3.24. The predicted molar refractivity (Wildman–Crippen MR) is 78.1 cm³/mol. The Kier molecular flexibility index (Phi) is 4.04. The normalized spacial score (nSPS) is 22.9. The first-order valence-electron chi connectivity index (χ1n) is 7.32. The quantitative estimate of drug-likeness (QED) is 0.795. The van der Waals surface area contributed by atoms with E-state index in [1.54, 1.807) is 18.2 Å². The summed E-state index contributed by atoms with van der Waals surface area (Å²) >= 11 is 0. The summed E-state index contributed by atoms with van der Waals surface area (Å²) in [7, 11) is 0. The minimum Gasteiger partial charge on any atom is -0.481 e. The Morgan fingerprint density at radius 2 is 1.82 bits per heavy atom. The van der Waals surface area contributed by atoms with Crippen LogP contribution in [0.3, 0.4) is 0 Å². The van der Waals surface area contributed by atoms with Gasteiger partial charge in [-0.15, -0.1) is 0 Å². The number of aliphatic carboxylic acids is 1. The highest BCUT2D eigenvalue weighted by molar-refractivity contribution is 5.89. The molecule has 3 rings (SSSR count). The fraction of sp³-hybridized carbons (Fsp3) is 0.467. The Morgan fingerprint density at radius 1 is 1.09 bits per heavy atom. The number of carboxylic acids is 1. The number of nitrogens with one attached hydrogen (secondary N) is 2. The number of hydrogen-bond donors (Lipinski definition) is 3. The SMILES string of the molecule is O=C(Nc1ccc2c(c1)OCO2)NC1CCC(C(=O)O)CC1. The number of carbonyl (C=O) groups is 2. The van der Waals surface area contributed by atoms with E-state index in [1.807, 2.05) is 0 Å². The summed E-state index contributed by atoms with van der Waals surface area (Å²) < 4.78 is 10.5. The number of carboxylic acid groups (broad SMARTS) is 1. The number of urea groups is 1. The number of carbonyl (C=O) groups excluding carboxylic acids is 1. The van der Waals surface area contributed by atoms with Crippen molar-refractivity contribution in [3.05, 3.63) is 18.2 Å². The molecule has 1 aromatic rings. The Morgan fingerprint density at radius 3 is 2.55 bits per heavy atom. The largest absolute Gasteiger partial charge is 0.481 e. The van der Waals surface area contributed by atoms with Crippen molar-refractivity contribution in [1.82, 2.24) is 5.32 Å². The van der Waals surface area contributed by atoms with Crippen LogP contribution in [0.4, 0.5) is 10.5 Å². The molecule has 0 radical (unpaired) electrons. The van der Waals surface area contributed by atoms with Gasteiger partial charge in [-0.05, 0) is 37.8 Å². The second-order valence-electron chi connectivity index (χ2n) is 5.55. The van der Waals surface area contributed by atoms with Crippen LogP contribution in [-0.2, 0) is 4.79 Å². The van der Waals surface area contributed by atoms with Gasteiger partial charge in [-0.25, -0.2) is 4.79 Å². The van der Waals surface area contributed by atoms with Crippen molar-refractivity contribution >= 4 is 17.7 Å². The predicted octanol–water partition coefficient (Wildman–Crippen LogP) is 2.18. The van der Waals surface area contributed by atoms with Gasteiger partial charge in [-0.2, -0.15) is 0 Å². The van der Waals surface area contributed by atoms with Crippen molar-refractivity contribution in [2.24, 2.45) is 5.92 Å². The summed E-state index contributed by atoms with van der Waals surface area (Å²) in [5, 5.41) is 14.6. The van der Waals surface area contributed by atoms with Gasteiger partial charge < -0.3 is 25.2 Å². The number of anilines is 1. The van der Waals surface area contributed by atoms with Crippen molar-refractivity contribution in [2.75, 3.05) is 12.1 Å². The molecule has 1 fully saturated rings. The molecule has 7 heteroatoms. The van der Waals surface area contributed by atoms with Crippen molar-refractivity contribution < 1.29 is 24.2 Å². The van der Waals surface area contributed by atoms with E-state index in [9.17, 15) is 9.59 Å². The highest BCUT2D eigenvalue weighted by atomic mass is 16.7. The van der Waals surface area contributed by atoms with Gasteiger partial charge in [0.25, 0.3) is 0 Å². The molecule has 2 amide bonds. The van der Waals surface area contributed by atoms with E-state index < -0.39 is 5.97 Å². The van der Waals surface area contributed by atoms with Crippen LogP contribution in [0.15, 0.2) is 18.2 Å². The molecule has 1 heterocycles. The van der Waals surface area contributed by atoms with Crippen LogP contribution >= 0.6 is 0 Å². The Balaban J connectivity index is 1.50. The lowest BCUT2D eigenvalue weighted by molar-refractivity contribution is -0.142. The van der Waals surface area contributed by atoms with Gasteiger partial charge in [-0.1, -0.05) is 0 Å². The highest BCUT2D eigenvalue weighted by Crippen LogP contribution is 2.34.